The number of H-pyrrole nitrogens is 1. The van der Waals surface area contributed by atoms with Crippen molar-refractivity contribution in [2.45, 2.75) is 76.7 Å². The number of hydrogen-bond acceptors (Lipinski definition) is 4. The summed E-state index contributed by atoms with van der Waals surface area (Å²) in [5.74, 6) is -0.573. The fourth-order valence-corrected chi connectivity index (χ4v) is 6.57. The Kier molecular flexibility index (Phi) is 10.3. The Morgan fingerprint density at radius 3 is 2.54 bits per heavy atom. The van der Waals surface area contributed by atoms with Crippen LogP contribution in [0.3, 0.4) is 0 Å². The molecule has 4 rings (SSSR count). The summed E-state index contributed by atoms with van der Waals surface area (Å²) in [6, 6.07) is 5.60. The zero-order valence-electron chi connectivity index (χ0n) is 22.5. The molecule has 1 aromatic carbocycles. The molecule has 2 heterocycles. The van der Waals surface area contributed by atoms with E-state index in [0.29, 0.717) is 49.9 Å². The molecule has 212 valence electrons. The first-order chi connectivity index (χ1) is 18.8. The first kappa shape index (κ1) is 29.0. The summed E-state index contributed by atoms with van der Waals surface area (Å²) in [5.41, 5.74) is 1.75. The molecular weight excluding hydrogens is 517 g/mol. The fourth-order valence-electron chi connectivity index (χ4n) is 6.32. The number of benzene rings is 1. The minimum absolute atomic E-state index is 0.0153. The van der Waals surface area contributed by atoms with Crippen molar-refractivity contribution in [1.82, 2.24) is 25.5 Å². The Bertz CT molecular complexity index is 1080. The third-order valence-corrected chi connectivity index (χ3v) is 8.82. The van der Waals surface area contributed by atoms with Crippen LogP contribution in [0.5, 0.6) is 0 Å². The number of aliphatic carboxylic acids is 1. The minimum atomic E-state index is -0.749. The van der Waals surface area contributed by atoms with E-state index >= 15 is 0 Å². The van der Waals surface area contributed by atoms with Crippen LogP contribution in [-0.4, -0.2) is 62.6 Å². The summed E-state index contributed by atoms with van der Waals surface area (Å²) >= 11 is 5.53. The Labute approximate surface area is 235 Å². The number of likely N-dealkylation sites (tertiary alicyclic amines) is 1. The number of carbonyl (C=O) groups is 2. The lowest BCUT2D eigenvalue weighted by atomic mass is 9.61. The van der Waals surface area contributed by atoms with Crippen LogP contribution < -0.4 is 10.6 Å². The molecule has 1 amide bonds. The van der Waals surface area contributed by atoms with Gasteiger partial charge in [-0.05, 0) is 73.4 Å². The zero-order valence-corrected chi connectivity index (χ0v) is 23.3. The molecule has 0 spiro atoms. The number of nitrogens with zero attached hydrogens (tertiary/aromatic N) is 2. The van der Waals surface area contributed by atoms with Gasteiger partial charge in [0, 0.05) is 45.1 Å². The van der Waals surface area contributed by atoms with Crippen LogP contribution in [0.15, 0.2) is 36.8 Å². The lowest BCUT2D eigenvalue weighted by Crippen LogP contribution is -2.55. The van der Waals surface area contributed by atoms with Gasteiger partial charge in [-0.3, -0.25) is 9.59 Å². The van der Waals surface area contributed by atoms with Crippen LogP contribution in [0.25, 0.3) is 0 Å². The number of rotatable bonds is 11. The monoisotopic (exact) mass is 557 g/mol. The van der Waals surface area contributed by atoms with Crippen LogP contribution in [0.4, 0.5) is 4.39 Å². The second-order valence-corrected chi connectivity index (χ2v) is 11.4. The van der Waals surface area contributed by atoms with E-state index in [0.717, 1.165) is 36.9 Å². The molecule has 39 heavy (non-hydrogen) atoms. The third kappa shape index (κ3) is 8.24. The average molecular weight is 558 g/mol. The van der Waals surface area contributed by atoms with Gasteiger partial charge < -0.3 is 25.6 Å². The molecule has 0 radical (unpaired) electrons. The second-order valence-electron chi connectivity index (χ2n) is 11.0. The molecule has 4 N–H and O–H groups in total. The highest BCUT2D eigenvalue weighted by Gasteiger charge is 2.43. The van der Waals surface area contributed by atoms with Gasteiger partial charge in [0.05, 0.1) is 12.0 Å². The standard InChI is InChI=1S/C29H40FN5O3S/c30-23-8-6-21(7-9-23)18-25(34-28(39)32-15-11-24-19-31-20-33-24)27(38)35-16-13-29(14-17-35,12-10-26(36)37)22-4-2-1-3-5-22/h6-9,19-20,22,25H,1-5,10-18H2,(H,31,33)(H,36,37)(H2,32,34,39)/t25-/m1/s1. The van der Waals surface area contributed by atoms with Gasteiger partial charge in [0.2, 0.25) is 5.91 Å². The summed E-state index contributed by atoms with van der Waals surface area (Å²) in [6.07, 6.45) is 13.0. The summed E-state index contributed by atoms with van der Waals surface area (Å²) in [5, 5.41) is 16.2. The Morgan fingerprint density at radius 1 is 1.18 bits per heavy atom. The maximum atomic E-state index is 13.8. The molecule has 2 aliphatic rings. The van der Waals surface area contributed by atoms with Gasteiger partial charge in [0.1, 0.15) is 11.9 Å². The first-order valence-electron chi connectivity index (χ1n) is 14.1. The van der Waals surface area contributed by atoms with E-state index in [1.807, 2.05) is 11.1 Å². The molecule has 1 aliphatic heterocycles. The largest absolute Gasteiger partial charge is 0.481 e. The van der Waals surface area contributed by atoms with Crippen molar-refractivity contribution < 1.29 is 19.1 Å². The Balaban J connectivity index is 1.41. The number of aromatic amines is 1. The van der Waals surface area contributed by atoms with Gasteiger partial charge >= 0.3 is 5.97 Å². The lowest BCUT2D eigenvalue weighted by Gasteiger charge is -2.48. The highest BCUT2D eigenvalue weighted by molar-refractivity contribution is 7.80. The highest BCUT2D eigenvalue weighted by atomic mass is 32.1. The summed E-state index contributed by atoms with van der Waals surface area (Å²) < 4.78 is 13.5. The molecule has 2 aromatic rings. The molecule has 1 saturated heterocycles. The number of amides is 1. The first-order valence-corrected chi connectivity index (χ1v) is 14.5. The smallest absolute Gasteiger partial charge is 0.303 e. The number of aromatic nitrogens is 2. The zero-order chi connectivity index (χ0) is 27.7. The summed E-state index contributed by atoms with van der Waals surface area (Å²) in [6.45, 7) is 1.79. The number of thiocarbonyl (C=S) groups is 1. The SMILES string of the molecule is O=C(O)CCC1(C2CCCCC2)CCN(C(=O)[C@@H](Cc2ccc(F)cc2)NC(=S)NCCc2c[nH]cn2)CC1. The number of carboxylic acids is 1. The van der Waals surface area contributed by atoms with Gasteiger partial charge in [-0.1, -0.05) is 31.4 Å². The van der Waals surface area contributed by atoms with E-state index in [2.05, 4.69) is 20.6 Å². The maximum absolute atomic E-state index is 13.8. The van der Waals surface area contributed by atoms with Crippen molar-refractivity contribution in [3.63, 3.8) is 0 Å². The number of carboxylic acid groups (broad SMARTS) is 1. The molecule has 1 atom stereocenters. The van der Waals surface area contributed by atoms with Crippen molar-refractivity contribution in [3.05, 3.63) is 53.9 Å². The van der Waals surface area contributed by atoms with Crippen LogP contribution in [0.2, 0.25) is 0 Å². The highest BCUT2D eigenvalue weighted by Crippen LogP contribution is 2.49. The van der Waals surface area contributed by atoms with E-state index in [1.54, 1.807) is 18.5 Å². The average Bonchev–Trinajstić information content (AvgIpc) is 3.47. The number of imidazole rings is 1. The molecule has 10 heteroatoms. The van der Waals surface area contributed by atoms with Crippen LogP contribution in [-0.2, 0) is 22.4 Å². The number of halogens is 1. The van der Waals surface area contributed by atoms with Gasteiger partial charge in [-0.2, -0.15) is 0 Å². The molecule has 2 fully saturated rings. The van der Waals surface area contributed by atoms with Crippen LogP contribution in [0.1, 0.15) is 69.0 Å². The molecule has 8 nitrogen and oxygen atoms in total. The normalized spacial score (nSPS) is 18.3. The number of nitrogens with one attached hydrogen (secondary N) is 3. The van der Waals surface area contributed by atoms with E-state index in [4.69, 9.17) is 12.2 Å². The second kappa shape index (κ2) is 13.9. The van der Waals surface area contributed by atoms with E-state index in [9.17, 15) is 19.1 Å². The van der Waals surface area contributed by atoms with Crippen LogP contribution >= 0.6 is 12.2 Å². The van der Waals surface area contributed by atoms with Gasteiger partial charge in [-0.25, -0.2) is 9.37 Å². The fraction of sp³-hybridized carbons (Fsp3) is 0.586. The van der Waals surface area contributed by atoms with E-state index in [1.165, 1.54) is 31.4 Å². The molecule has 1 saturated carbocycles. The molecular formula is C29H40FN5O3S. The van der Waals surface area contributed by atoms with E-state index in [-0.39, 0.29) is 23.6 Å². The molecule has 0 unspecified atom stereocenters. The van der Waals surface area contributed by atoms with Crippen molar-refractivity contribution >= 4 is 29.2 Å². The molecule has 1 aromatic heterocycles. The number of hydrogen-bond donors (Lipinski definition) is 4. The predicted octanol–water partition coefficient (Wildman–Crippen LogP) is 4.22. The molecule has 1 aliphatic carbocycles. The van der Waals surface area contributed by atoms with Crippen LogP contribution in [0, 0.1) is 17.2 Å². The molecule has 0 bridgehead atoms. The van der Waals surface area contributed by atoms with Crippen molar-refractivity contribution in [1.29, 1.82) is 0 Å². The van der Waals surface area contributed by atoms with Crippen molar-refractivity contribution in [2.24, 2.45) is 11.3 Å². The summed E-state index contributed by atoms with van der Waals surface area (Å²) in [4.78, 5) is 34.3. The quantitative estimate of drug-likeness (QED) is 0.306. The van der Waals surface area contributed by atoms with E-state index < -0.39 is 12.0 Å². The van der Waals surface area contributed by atoms with Gasteiger partial charge in [0.25, 0.3) is 0 Å². The Hall–Kier alpha value is -3.01. The number of piperidine rings is 1. The number of carbonyl (C=O) groups excluding carboxylic acids is 1. The summed E-state index contributed by atoms with van der Waals surface area (Å²) in [7, 11) is 0. The lowest BCUT2D eigenvalue weighted by molar-refractivity contribution is -0.140. The van der Waals surface area contributed by atoms with Crippen molar-refractivity contribution in [2.75, 3.05) is 19.6 Å². The minimum Gasteiger partial charge on any atom is -0.481 e. The maximum Gasteiger partial charge on any atom is 0.303 e. The Morgan fingerprint density at radius 2 is 1.90 bits per heavy atom. The topological polar surface area (TPSA) is 110 Å². The predicted molar refractivity (Wildman–Crippen MR) is 152 cm³/mol. The van der Waals surface area contributed by atoms with Gasteiger partial charge in [-0.15, -0.1) is 0 Å². The van der Waals surface area contributed by atoms with Crippen molar-refractivity contribution in [3.8, 4) is 0 Å². The third-order valence-electron chi connectivity index (χ3n) is 8.56. The van der Waals surface area contributed by atoms with Gasteiger partial charge in [0.15, 0.2) is 5.11 Å².